The summed E-state index contributed by atoms with van der Waals surface area (Å²) >= 11 is 6.01. The first-order valence-electron chi connectivity index (χ1n) is 8.09. The smallest absolute Gasteiger partial charge is 0.261 e. The molecule has 1 aliphatic rings. The van der Waals surface area contributed by atoms with Gasteiger partial charge in [-0.15, -0.1) is 0 Å². The molecule has 1 atom stereocenters. The summed E-state index contributed by atoms with van der Waals surface area (Å²) in [7, 11) is 1.81. The number of benzene rings is 1. The lowest BCUT2D eigenvalue weighted by Gasteiger charge is -2.33. The molecule has 1 saturated heterocycles. The molecule has 134 valence electrons. The number of halogens is 1. The van der Waals surface area contributed by atoms with Crippen LogP contribution in [0.5, 0.6) is 0 Å². The van der Waals surface area contributed by atoms with Gasteiger partial charge in [0.15, 0.2) is 5.82 Å². The summed E-state index contributed by atoms with van der Waals surface area (Å²) in [5, 5.41) is 8.65. The lowest BCUT2D eigenvalue weighted by atomic mass is 10.1. The number of carbonyl (C=O) groups is 1. The van der Waals surface area contributed by atoms with E-state index in [9.17, 15) is 4.79 Å². The maximum Gasteiger partial charge on any atom is 0.261 e. The summed E-state index contributed by atoms with van der Waals surface area (Å²) < 4.78 is 12.5. The van der Waals surface area contributed by atoms with Gasteiger partial charge in [-0.3, -0.25) is 9.48 Å². The second kappa shape index (κ2) is 6.89. The zero-order valence-electron chi connectivity index (χ0n) is 14.0. The molecule has 1 aromatic carbocycles. The van der Waals surface area contributed by atoms with Crippen LogP contribution >= 0.6 is 11.6 Å². The summed E-state index contributed by atoms with van der Waals surface area (Å²) in [6.07, 6.45) is 3.42. The van der Waals surface area contributed by atoms with Gasteiger partial charge in [0.1, 0.15) is 6.04 Å². The van der Waals surface area contributed by atoms with E-state index in [1.807, 2.05) is 0 Å². The van der Waals surface area contributed by atoms with Crippen molar-refractivity contribution < 1.29 is 14.1 Å². The lowest BCUT2D eigenvalue weighted by molar-refractivity contribution is -0.00576. The third-order valence-electron chi connectivity index (χ3n) is 4.15. The van der Waals surface area contributed by atoms with Crippen molar-refractivity contribution >= 4 is 17.5 Å². The van der Waals surface area contributed by atoms with E-state index < -0.39 is 6.04 Å². The van der Waals surface area contributed by atoms with Crippen molar-refractivity contribution in [3.8, 4) is 11.5 Å². The number of amides is 1. The van der Waals surface area contributed by atoms with Gasteiger partial charge in [-0.1, -0.05) is 22.8 Å². The predicted octanol–water partition coefficient (Wildman–Crippen LogP) is 2.34. The number of ether oxygens (including phenoxy) is 1. The number of rotatable bonds is 3. The number of hydrogen-bond donors (Lipinski definition) is 0. The van der Waals surface area contributed by atoms with Crippen molar-refractivity contribution in [3.05, 3.63) is 53.1 Å². The molecule has 0 aliphatic carbocycles. The van der Waals surface area contributed by atoms with Crippen molar-refractivity contribution in [2.24, 2.45) is 7.05 Å². The Bertz CT molecular complexity index is 938. The quantitative estimate of drug-likeness (QED) is 0.700. The van der Waals surface area contributed by atoms with Crippen LogP contribution in [0.4, 0.5) is 0 Å². The van der Waals surface area contributed by atoms with E-state index in [2.05, 4.69) is 15.2 Å². The third-order valence-corrected chi connectivity index (χ3v) is 4.39. The largest absolute Gasteiger partial charge is 0.377 e. The standard InChI is InChI=1S/C17H16ClN5O3/c1-22-9-12(8-19-22)16-20-15(21-26-16)14-10-25-6-5-23(14)17(24)11-3-2-4-13(18)7-11/h2-4,7-9,14H,5-6,10H2,1H3/t14-/m1/s1. The molecule has 1 fully saturated rings. The molecule has 1 aliphatic heterocycles. The van der Waals surface area contributed by atoms with Crippen molar-refractivity contribution in [2.45, 2.75) is 6.04 Å². The molecule has 0 N–H and O–H groups in total. The second-order valence-corrected chi connectivity index (χ2v) is 6.40. The first kappa shape index (κ1) is 16.7. The summed E-state index contributed by atoms with van der Waals surface area (Å²) in [4.78, 5) is 19.0. The molecule has 3 heterocycles. The van der Waals surface area contributed by atoms with Gasteiger partial charge in [-0.25, -0.2) is 0 Å². The molecule has 2 aromatic heterocycles. The minimum absolute atomic E-state index is 0.145. The first-order valence-corrected chi connectivity index (χ1v) is 8.46. The fourth-order valence-electron chi connectivity index (χ4n) is 2.87. The Hall–Kier alpha value is -2.71. The monoisotopic (exact) mass is 373 g/mol. The molecular formula is C17H16ClN5O3. The van der Waals surface area contributed by atoms with Crippen molar-refractivity contribution in [1.82, 2.24) is 24.8 Å². The van der Waals surface area contributed by atoms with E-state index in [0.29, 0.717) is 42.1 Å². The van der Waals surface area contributed by atoms with Gasteiger partial charge in [-0.05, 0) is 18.2 Å². The summed E-state index contributed by atoms with van der Waals surface area (Å²) in [6, 6.07) is 6.43. The summed E-state index contributed by atoms with van der Waals surface area (Å²) in [6.45, 7) is 1.20. The molecule has 9 heteroatoms. The molecule has 0 unspecified atom stereocenters. The molecule has 3 aromatic rings. The third kappa shape index (κ3) is 3.21. The van der Waals surface area contributed by atoms with Crippen molar-refractivity contribution in [2.75, 3.05) is 19.8 Å². The Balaban J connectivity index is 1.62. The Morgan fingerprint density at radius 1 is 1.38 bits per heavy atom. The van der Waals surface area contributed by atoms with E-state index >= 15 is 0 Å². The van der Waals surface area contributed by atoms with Crippen LogP contribution in [0, 0.1) is 0 Å². The van der Waals surface area contributed by atoms with Crippen LogP contribution in [0.2, 0.25) is 5.02 Å². The zero-order chi connectivity index (χ0) is 18.1. The van der Waals surface area contributed by atoms with Gasteiger partial charge in [0.05, 0.1) is 25.0 Å². The van der Waals surface area contributed by atoms with E-state index in [4.69, 9.17) is 20.9 Å². The number of nitrogens with zero attached hydrogens (tertiary/aromatic N) is 5. The van der Waals surface area contributed by atoms with E-state index in [-0.39, 0.29) is 5.91 Å². The molecule has 4 rings (SSSR count). The van der Waals surface area contributed by atoms with Gasteiger partial charge in [0, 0.05) is 30.4 Å². The second-order valence-electron chi connectivity index (χ2n) is 5.96. The number of aromatic nitrogens is 4. The molecule has 0 spiro atoms. The maximum atomic E-state index is 12.9. The Kier molecular flexibility index (Phi) is 4.44. The Labute approximate surface area is 154 Å². The SMILES string of the molecule is Cn1cc(-c2nc([C@H]3COCCN3C(=O)c3cccc(Cl)c3)no2)cn1. The highest BCUT2D eigenvalue weighted by molar-refractivity contribution is 6.30. The fourth-order valence-corrected chi connectivity index (χ4v) is 3.06. The summed E-state index contributed by atoms with van der Waals surface area (Å²) in [5.74, 6) is 0.612. The van der Waals surface area contributed by atoms with Gasteiger partial charge in [0.25, 0.3) is 11.8 Å². The highest BCUT2D eigenvalue weighted by atomic mass is 35.5. The van der Waals surface area contributed by atoms with Crippen LogP contribution in [-0.2, 0) is 11.8 Å². The van der Waals surface area contributed by atoms with Gasteiger partial charge in [0.2, 0.25) is 0 Å². The molecule has 1 amide bonds. The predicted molar refractivity (Wildman–Crippen MR) is 92.5 cm³/mol. The molecule has 8 nitrogen and oxygen atoms in total. The molecular weight excluding hydrogens is 358 g/mol. The average Bonchev–Trinajstić information content (AvgIpc) is 3.30. The van der Waals surface area contributed by atoms with Crippen molar-refractivity contribution in [3.63, 3.8) is 0 Å². The van der Waals surface area contributed by atoms with Gasteiger partial charge >= 0.3 is 0 Å². The minimum atomic E-state index is -0.426. The molecule has 0 radical (unpaired) electrons. The summed E-state index contributed by atoms with van der Waals surface area (Å²) in [5.41, 5.74) is 1.23. The Morgan fingerprint density at radius 2 is 2.27 bits per heavy atom. The lowest BCUT2D eigenvalue weighted by Crippen LogP contribution is -2.43. The molecule has 26 heavy (non-hydrogen) atoms. The van der Waals surface area contributed by atoms with E-state index in [1.54, 1.807) is 53.3 Å². The average molecular weight is 374 g/mol. The first-order chi connectivity index (χ1) is 12.6. The van der Waals surface area contributed by atoms with Crippen LogP contribution in [0.1, 0.15) is 22.2 Å². The van der Waals surface area contributed by atoms with Crippen molar-refractivity contribution in [1.29, 1.82) is 0 Å². The molecule has 0 saturated carbocycles. The van der Waals surface area contributed by atoms with Gasteiger partial charge in [-0.2, -0.15) is 10.1 Å². The number of morpholine rings is 1. The minimum Gasteiger partial charge on any atom is -0.377 e. The highest BCUT2D eigenvalue weighted by Gasteiger charge is 2.33. The van der Waals surface area contributed by atoms with E-state index in [1.165, 1.54) is 0 Å². The van der Waals surface area contributed by atoms with Crippen LogP contribution < -0.4 is 0 Å². The number of aryl methyl sites for hydroxylation is 1. The topological polar surface area (TPSA) is 86.3 Å². The highest BCUT2D eigenvalue weighted by Crippen LogP contribution is 2.27. The normalized spacial score (nSPS) is 17.5. The number of hydrogen-bond acceptors (Lipinski definition) is 6. The molecule has 0 bridgehead atoms. The van der Waals surface area contributed by atoms with Crippen LogP contribution in [0.15, 0.2) is 41.2 Å². The van der Waals surface area contributed by atoms with E-state index in [0.717, 1.165) is 5.56 Å². The van der Waals surface area contributed by atoms with Gasteiger partial charge < -0.3 is 14.2 Å². The fraction of sp³-hybridized carbons (Fsp3) is 0.294. The van der Waals surface area contributed by atoms with Crippen LogP contribution in [0.25, 0.3) is 11.5 Å². The Morgan fingerprint density at radius 3 is 3.04 bits per heavy atom. The van der Waals surface area contributed by atoms with Crippen LogP contribution in [0.3, 0.4) is 0 Å². The van der Waals surface area contributed by atoms with Crippen LogP contribution in [-0.4, -0.2) is 50.5 Å². The maximum absolute atomic E-state index is 12.9. The zero-order valence-corrected chi connectivity index (χ0v) is 14.8. The number of carbonyl (C=O) groups excluding carboxylic acids is 1.